The van der Waals surface area contributed by atoms with Crippen molar-refractivity contribution >= 4 is 11.4 Å². The normalized spacial score (nSPS) is 39.9. The molecule has 1 aromatic carbocycles. The van der Waals surface area contributed by atoms with Crippen LogP contribution >= 0.6 is 0 Å². The van der Waals surface area contributed by atoms with E-state index in [0.717, 1.165) is 30.1 Å². The molecule has 4 aliphatic rings. The van der Waals surface area contributed by atoms with E-state index in [0.29, 0.717) is 40.8 Å². The maximum absolute atomic E-state index is 10.8. The van der Waals surface area contributed by atoms with Gasteiger partial charge in [0.1, 0.15) is 11.9 Å². The number of hydrogen-bond acceptors (Lipinski definition) is 4. The van der Waals surface area contributed by atoms with Gasteiger partial charge in [-0.15, -0.1) is 0 Å². The zero-order valence-electron chi connectivity index (χ0n) is 24.0. The van der Waals surface area contributed by atoms with E-state index in [1.807, 2.05) is 12.1 Å². The van der Waals surface area contributed by atoms with Crippen molar-refractivity contribution in [3.63, 3.8) is 0 Å². The first-order valence-corrected chi connectivity index (χ1v) is 15.2. The van der Waals surface area contributed by atoms with Gasteiger partial charge in [-0.25, -0.2) is 0 Å². The molecule has 4 aliphatic carbocycles. The van der Waals surface area contributed by atoms with Crippen molar-refractivity contribution in [1.29, 1.82) is 0 Å². The van der Waals surface area contributed by atoms with Crippen LogP contribution < -0.4 is 16.2 Å². The molecule has 206 valence electrons. The molecule has 0 aliphatic heterocycles. The van der Waals surface area contributed by atoms with Gasteiger partial charge in [0, 0.05) is 17.5 Å². The van der Waals surface area contributed by atoms with Crippen molar-refractivity contribution in [3.8, 4) is 5.75 Å². The molecule has 1 unspecified atom stereocenters. The zero-order chi connectivity index (χ0) is 26.5. The Morgan fingerprint density at radius 2 is 1.84 bits per heavy atom. The van der Waals surface area contributed by atoms with Gasteiger partial charge in [-0.1, -0.05) is 65.5 Å². The minimum Gasteiger partial charge on any atom is -0.487 e. The Hall–Kier alpha value is -1.68. The third kappa shape index (κ3) is 4.70. The summed E-state index contributed by atoms with van der Waals surface area (Å²) in [4.78, 5) is 0. The van der Waals surface area contributed by atoms with Crippen molar-refractivity contribution < 1.29 is 9.84 Å². The average molecular weight is 509 g/mol. The fourth-order valence-electron chi connectivity index (χ4n) is 9.70. The van der Waals surface area contributed by atoms with Crippen LogP contribution in [0.3, 0.4) is 0 Å². The fraction of sp³-hybridized carbons (Fsp3) is 0.758. The highest BCUT2D eigenvalue weighted by atomic mass is 16.5. The van der Waals surface area contributed by atoms with Crippen LogP contribution in [0.4, 0.5) is 11.4 Å². The van der Waals surface area contributed by atoms with E-state index in [4.69, 9.17) is 16.2 Å². The first kappa shape index (κ1) is 26.9. The van der Waals surface area contributed by atoms with Crippen molar-refractivity contribution in [1.82, 2.24) is 0 Å². The van der Waals surface area contributed by atoms with Gasteiger partial charge < -0.3 is 21.3 Å². The van der Waals surface area contributed by atoms with Crippen LogP contribution in [-0.4, -0.2) is 17.3 Å². The molecule has 0 amide bonds. The smallest absolute Gasteiger partial charge is 0.142 e. The number of rotatable bonds is 7. The Bertz CT molecular complexity index is 1000. The van der Waals surface area contributed by atoms with Gasteiger partial charge >= 0.3 is 0 Å². The minimum absolute atomic E-state index is 0.0573. The molecule has 0 saturated heterocycles. The van der Waals surface area contributed by atoms with E-state index in [-0.39, 0.29) is 17.6 Å². The lowest BCUT2D eigenvalue weighted by Crippen LogP contribution is -2.57. The summed E-state index contributed by atoms with van der Waals surface area (Å²) >= 11 is 0. The predicted octanol–water partition coefficient (Wildman–Crippen LogP) is 7.61. The topological polar surface area (TPSA) is 81.5 Å². The van der Waals surface area contributed by atoms with Gasteiger partial charge in [-0.05, 0) is 97.6 Å². The van der Waals surface area contributed by atoms with Crippen LogP contribution in [0, 0.1) is 46.3 Å². The Morgan fingerprint density at radius 1 is 1.05 bits per heavy atom. The molecular weight excluding hydrogens is 456 g/mol. The van der Waals surface area contributed by atoms with Crippen LogP contribution in [-0.2, 0) is 0 Å². The molecule has 0 heterocycles. The second-order valence-corrected chi connectivity index (χ2v) is 14.2. The lowest BCUT2D eigenvalue weighted by atomic mass is 9.46. The predicted molar refractivity (Wildman–Crippen MR) is 154 cm³/mol. The van der Waals surface area contributed by atoms with E-state index < -0.39 is 0 Å². The highest BCUT2D eigenvalue weighted by Gasteiger charge is 2.61. The number of benzene rings is 1. The monoisotopic (exact) mass is 508 g/mol. The molecule has 37 heavy (non-hydrogen) atoms. The number of hydrogen-bond donors (Lipinski definition) is 3. The number of nitrogen functional groups attached to an aromatic ring is 2. The molecule has 5 rings (SSSR count). The third-order valence-electron chi connectivity index (χ3n) is 11.7. The van der Waals surface area contributed by atoms with Crippen molar-refractivity contribution in [2.75, 3.05) is 11.5 Å². The molecule has 4 nitrogen and oxygen atoms in total. The van der Waals surface area contributed by atoms with Gasteiger partial charge in [0.05, 0.1) is 11.8 Å². The van der Waals surface area contributed by atoms with E-state index in [2.05, 4.69) is 40.7 Å². The quantitative estimate of drug-likeness (QED) is 0.261. The Kier molecular flexibility index (Phi) is 7.37. The Balaban J connectivity index is 1.39. The summed E-state index contributed by atoms with van der Waals surface area (Å²) in [5.74, 6) is 5.31. The molecule has 0 radical (unpaired) electrons. The number of ether oxygens (including phenoxy) is 1. The van der Waals surface area contributed by atoms with Crippen LogP contribution in [0.15, 0.2) is 29.8 Å². The van der Waals surface area contributed by atoms with Crippen LogP contribution in [0.1, 0.15) is 98.8 Å². The molecule has 9 atom stereocenters. The molecule has 3 fully saturated rings. The van der Waals surface area contributed by atoms with Crippen LogP contribution in [0.5, 0.6) is 5.75 Å². The maximum atomic E-state index is 10.8. The van der Waals surface area contributed by atoms with E-state index in [9.17, 15) is 5.11 Å². The summed E-state index contributed by atoms with van der Waals surface area (Å²) in [7, 11) is 0. The zero-order valence-corrected chi connectivity index (χ0v) is 24.0. The highest BCUT2D eigenvalue weighted by molar-refractivity contribution is 5.60. The average Bonchev–Trinajstić information content (AvgIpc) is 3.18. The molecule has 0 aromatic heterocycles. The molecule has 3 saturated carbocycles. The van der Waals surface area contributed by atoms with Crippen LogP contribution in [0.2, 0.25) is 0 Å². The summed E-state index contributed by atoms with van der Waals surface area (Å²) in [5.41, 5.74) is 15.3. The van der Waals surface area contributed by atoms with Gasteiger partial charge in [-0.2, -0.15) is 0 Å². The Morgan fingerprint density at radius 3 is 2.57 bits per heavy atom. The van der Waals surface area contributed by atoms with Gasteiger partial charge in [-0.3, -0.25) is 0 Å². The molecule has 1 aromatic rings. The molecule has 5 N–H and O–H groups in total. The minimum atomic E-state index is -0.354. The number of anilines is 2. The van der Waals surface area contributed by atoms with Crippen molar-refractivity contribution in [3.05, 3.63) is 29.8 Å². The third-order valence-corrected chi connectivity index (χ3v) is 11.7. The first-order valence-electron chi connectivity index (χ1n) is 15.2. The second-order valence-electron chi connectivity index (χ2n) is 14.2. The summed E-state index contributed by atoms with van der Waals surface area (Å²) in [6.45, 7) is 12.4. The fourth-order valence-corrected chi connectivity index (χ4v) is 9.70. The lowest BCUT2D eigenvalue weighted by Gasteiger charge is -2.60. The standard InChI is InChI=1S/C33H52N2O2/c1-20(2)7-6-8-21(3)26-12-13-27-25-11-9-22-17-24(36)19-31(37-30-14-10-23(34)18-29(30)35)33(22,5)28(25)15-16-32(26,27)4/h9-10,14,18,20-21,24-28,31,36H,6-8,11-13,15-17,19,34-35H2,1-5H3/t21-,24+,25+,26-,27+,28+,31?,32-,33+/m1/s1. The molecule has 4 heteroatoms. The van der Waals surface area contributed by atoms with Crippen molar-refractivity contribution in [2.24, 2.45) is 46.3 Å². The summed E-state index contributed by atoms with van der Waals surface area (Å²) in [6, 6.07) is 5.55. The maximum Gasteiger partial charge on any atom is 0.142 e. The van der Waals surface area contributed by atoms with E-state index in [1.54, 1.807) is 6.07 Å². The van der Waals surface area contributed by atoms with Crippen LogP contribution in [0.25, 0.3) is 0 Å². The largest absolute Gasteiger partial charge is 0.487 e. The van der Waals surface area contributed by atoms with Gasteiger partial charge in [0.25, 0.3) is 0 Å². The number of aliphatic hydroxyl groups is 1. The van der Waals surface area contributed by atoms with Gasteiger partial charge in [0.15, 0.2) is 0 Å². The van der Waals surface area contributed by atoms with E-state index >= 15 is 0 Å². The van der Waals surface area contributed by atoms with Crippen molar-refractivity contribution in [2.45, 2.75) is 111 Å². The highest BCUT2D eigenvalue weighted by Crippen LogP contribution is 2.67. The number of nitrogens with two attached hydrogens (primary N) is 2. The second kappa shape index (κ2) is 10.1. The summed E-state index contributed by atoms with van der Waals surface area (Å²) in [5, 5.41) is 10.8. The van der Waals surface area contributed by atoms with E-state index in [1.165, 1.54) is 56.9 Å². The summed E-state index contributed by atoms with van der Waals surface area (Å²) in [6.07, 6.45) is 14.2. The Labute approximate surface area is 225 Å². The number of fused-ring (bicyclic) bond motifs is 5. The SMILES string of the molecule is CC(C)CCC[C@@H](C)[C@H]1CC[C@H]2[C@@H]3CC=C4C[C@H](O)CC(Oc5ccc(N)cc5N)[C@]4(C)[C@H]3CC[C@]12C. The molecular formula is C33H52N2O2. The summed E-state index contributed by atoms with van der Waals surface area (Å²) < 4.78 is 6.71. The number of aliphatic hydroxyl groups excluding tert-OH is 1. The molecule has 0 bridgehead atoms. The molecule has 0 spiro atoms. The first-order chi connectivity index (χ1) is 17.5. The number of allylic oxidation sites excluding steroid dienone is 1. The van der Waals surface area contributed by atoms with Gasteiger partial charge in [0.2, 0.25) is 0 Å². The lowest BCUT2D eigenvalue weighted by molar-refractivity contribution is -0.0995.